The van der Waals surface area contributed by atoms with E-state index in [-0.39, 0.29) is 5.60 Å². The minimum absolute atomic E-state index is 0.218. The molecule has 1 aromatic carbocycles. The molecular weight excluding hydrogens is 192 g/mol. The normalized spacial score (nSPS) is 11.4. The number of methoxy groups -OCH3 is 1. The van der Waals surface area contributed by atoms with Crippen molar-refractivity contribution in [3.05, 3.63) is 35.4 Å². The summed E-state index contributed by atoms with van der Waals surface area (Å²) in [4.78, 5) is 10.6. The summed E-state index contributed by atoms with van der Waals surface area (Å²) in [5.41, 5.74) is 1.17. The van der Waals surface area contributed by atoms with Gasteiger partial charge in [0.05, 0.1) is 11.2 Å². The van der Waals surface area contributed by atoms with Gasteiger partial charge in [0.1, 0.15) is 0 Å². The van der Waals surface area contributed by atoms with Crippen LogP contribution in [0.2, 0.25) is 0 Å². The van der Waals surface area contributed by atoms with Crippen LogP contribution in [-0.2, 0) is 11.2 Å². The van der Waals surface area contributed by atoms with Crippen molar-refractivity contribution in [3.8, 4) is 0 Å². The molecule has 15 heavy (non-hydrogen) atoms. The quantitative estimate of drug-likeness (QED) is 0.826. The summed E-state index contributed by atoms with van der Waals surface area (Å²) >= 11 is 0. The highest BCUT2D eigenvalue weighted by Crippen LogP contribution is 2.16. The molecule has 0 spiro atoms. The summed E-state index contributed by atoms with van der Waals surface area (Å²) in [6, 6.07) is 6.88. The van der Waals surface area contributed by atoms with Crippen LogP contribution in [0.3, 0.4) is 0 Å². The van der Waals surface area contributed by atoms with Crippen LogP contribution in [0.1, 0.15) is 29.8 Å². The van der Waals surface area contributed by atoms with Gasteiger partial charge in [0.2, 0.25) is 0 Å². The number of benzene rings is 1. The topological polar surface area (TPSA) is 46.5 Å². The highest BCUT2D eigenvalue weighted by Gasteiger charge is 2.16. The lowest BCUT2D eigenvalue weighted by molar-refractivity contribution is 0.0232. The molecule has 0 aliphatic carbocycles. The van der Waals surface area contributed by atoms with E-state index in [2.05, 4.69) is 0 Å². The highest BCUT2D eigenvalue weighted by molar-refractivity contribution is 5.87. The molecule has 0 aliphatic heterocycles. The summed E-state index contributed by atoms with van der Waals surface area (Å²) in [7, 11) is 1.67. The van der Waals surface area contributed by atoms with Crippen molar-refractivity contribution in [2.24, 2.45) is 0 Å². The Hall–Kier alpha value is -1.35. The first-order valence-electron chi connectivity index (χ1n) is 4.82. The first-order valence-corrected chi connectivity index (χ1v) is 4.82. The van der Waals surface area contributed by atoms with Crippen LogP contribution in [0, 0.1) is 0 Å². The van der Waals surface area contributed by atoms with E-state index in [9.17, 15) is 4.79 Å². The zero-order valence-electron chi connectivity index (χ0n) is 9.28. The monoisotopic (exact) mass is 208 g/mol. The van der Waals surface area contributed by atoms with E-state index >= 15 is 0 Å². The number of carbonyl (C=O) groups is 1. The minimum atomic E-state index is -0.896. The zero-order valence-corrected chi connectivity index (χ0v) is 9.28. The predicted octanol–water partition coefficient (Wildman–Crippen LogP) is 2.35. The van der Waals surface area contributed by atoms with Gasteiger partial charge in [0, 0.05) is 13.5 Å². The molecule has 0 fully saturated rings. The minimum Gasteiger partial charge on any atom is -0.478 e. The Balaban J connectivity index is 2.77. The second-order valence-electron chi connectivity index (χ2n) is 4.14. The van der Waals surface area contributed by atoms with Crippen LogP contribution in [0.4, 0.5) is 0 Å². The maximum Gasteiger partial charge on any atom is 0.335 e. The smallest absolute Gasteiger partial charge is 0.335 e. The Kier molecular flexibility index (Phi) is 3.48. The first-order chi connectivity index (χ1) is 6.94. The summed E-state index contributed by atoms with van der Waals surface area (Å²) in [6.07, 6.45) is 0.767. The Morgan fingerprint density at radius 2 is 1.87 bits per heavy atom. The Labute approximate surface area is 89.7 Å². The number of hydrogen-bond acceptors (Lipinski definition) is 2. The summed E-state index contributed by atoms with van der Waals surface area (Å²) in [6.45, 7) is 4.00. The molecule has 1 N–H and O–H groups in total. The molecule has 0 aliphatic rings. The molecule has 0 heterocycles. The Bertz CT molecular complexity index is 338. The molecule has 3 heteroatoms. The van der Waals surface area contributed by atoms with Gasteiger partial charge in [-0.2, -0.15) is 0 Å². The van der Waals surface area contributed by atoms with Crippen molar-refractivity contribution < 1.29 is 14.6 Å². The van der Waals surface area contributed by atoms with Gasteiger partial charge < -0.3 is 9.84 Å². The predicted molar refractivity (Wildman–Crippen MR) is 58.2 cm³/mol. The molecule has 0 bridgehead atoms. The molecule has 0 amide bonds. The number of rotatable bonds is 4. The van der Waals surface area contributed by atoms with Crippen molar-refractivity contribution >= 4 is 5.97 Å². The second-order valence-corrected chi connectivity index (χ2v) is 4.14. The lowest BCUT2D eigenvalue weighted by Crippen LogP contribution is -2.25. The lowest BCUT2D eigenvalue weighted by atomic mass is 9.97. The van der Waals surface area contributed by atoms with E-state index in [1.165, 1.54) is 0 Å². The van der Waals surface area contributed by atoms with Gasteiger partial charge >= 0.3 is 5.97 Å². The highest BCUT2D eigenvalue weighted by atomic mass is 16.5. The summed E-state index contributed by atoms with van der Waals surface area (Å²) in [5, 5.41) is 8.73. The van der Waals surface area contributed by atoms with Crippen molar-refractivity contribution in [2.45, 2.75) is 25.9 Å². The van der Waals surface area contributed by atoms with Gasteiger partial charge in [0.15, 0.2) is 0 Å². The lowest BCUT2D eigenvalue weighted by Gasteiger charge is -2.22. The molecule has 82 valence electrons. The average molecular weight is 208 g/mol. The SMILES string of the molecule is COC(C)(C)Cc1ccc(C(=O)O)cc1. The standard InChI is InChI=1S/C12H16O3/c1-12(2,15-3)8-9-4-6-10(7-5-9)11(13)14/h4-7H,8H2,1-3H3,(H,13,14). The van der Waals surface area contributed by atoms with Gasteiger partial charge in [-0.15, -0.1) is 0 Å². The molecule has 3 nitrogen and oxygen atoms in total. The van der Waals surface area contributed by atoms with E-state index in [1.54, 1.807) is 19.2 Å². The van der Waals surface area contributed by atoms with Crippen LogP contribution in [0.5, 0.6) is 0 Å². The third kappa shape index (κ3) is 3.36. The van der Waals surface area contributed by atoms with Gasteiger partial charge in [-0.3, -0.25) is 0 Å². The number of aromatic carboxylic acids is 1. The first kappa shape index (κ1) is 11.7. The van der Waals surface area contributed by atoms with Gasteiger partial charge in [-0.1, -0.05) is 12.1 Å². The van der Waals surface area contributed by atoms with Crippen molar-refractivity contribution in [2.75, 3.05) is 7.11 Å². The van der Waals surface area contributed by atoms with E-state index < -0.39 is 5.97 Å². The third-order valence-electron chi connectivity index (χ3n) is 2.38. The molecule has 0 saturated carbocycles. The fourth-order valence-corrected chi connectivity index (χ4v) is 1.33. The molecule has 0 saturated heterocycles. The van der Waals surface area contributed by atoms with Gasteiger partial charge in [-0.05, 0) is 31.5 Å². The maximum atomic E-state index is 10.6. The summed E-state index contributed by atoms with van der Waals surface area (Å²) in [5.74, 6) is -0.896. The molecule has 1 rings (SSSR count). The van der Waals surface area contributed by atoms with Gasteiger partial charge in [0.25, 0.3) is 0 Å². The molecule has 1 aromatic rings. The van der Waals surface area contributed by atoms with E-state index in [4.69, 9.17) is 9.84 Å². The van der Waals surface area contributed by atoms with Crippen molar-refractivity contribution in [3.63, 3.8) is 0 Å². The fraction of sp³-hybridized carbons (Fsp3) is 0.417. The van der Waals surface area contributed by atoms with Crippen LogP contribution < -0.4 is 0 Å². The van der Waals surface area contributed by atoms with Crippen molar-refractivity contribution in [1.82, 2.24) is 0 Å². The van der Waals surface area contributed by atoms with Crippen LogP contribution in [-0.4, -0.2) is 23.8 Å². The Morgan fingerprint density at radius 3 is 2.27 bits per heavy atom. The Morgan fingerprint density at radius 1 is 1.33 bits per heavy atom. The molecule has 0 radical (unpaired) electrons. The maximum absolute atomic E-state index is 10.6. The van der Waals surface area contributed by atoms with Crippen molar-refractivity contribution in [1.29, 1.82) is 0 Å². The fourth-order valence-electron chi connectivity index (χ4n) is 1.33. The summed E-state index contributed by atoms with van der Waals surface area (Å²) < 4.78 is 5.30. The van der Waals surface area contributed by atoms with Crippen LogP contribution in [0.25, 0.3) is 0 Å². The van der Waals surface area contributed by atoms with E-state index in [0.29, 0.717) is 5.56 Å². The number of hydrogen-bond donors (Lipinski definition) is 1. The molecule has 0 aromatic heterocycles. The largest absolute Gasteiger partial charge is 0.478 e. The number of carboxylic acids is 1. The molecular formula is C12H16O3. The van der Waals surface area contributed by atoms with Crippen LogP contribution in [0.15, 0.2) is 24.3 Å². The van der Waals surface area contributed by atoms with E-state index in [1.807, 2.05) is 26.0 Å². The number of carboxylic acid groups (broad SMARTS) is 1. The van der Waals surface area contributed by atoms with Gasteiger partial charge in [-0.25, -0.2) is 4.79 Å². The molecule has 0 unspecified atom stereocenters. The average Bonchev–Trinajstić information content (AvgIpc) is 2.18. The number of ether oxygens (including phenoxy) is 1. The van der Waals surface area contributed by atoms with E-state index in [0.717, 1.165) is 12.0 Å². The second kappa shape index (κ2) is 4.45. The molecule has 0 atom stereocenters. The zero-order chi connectivity index (χ0) is 11.5. The third-order valence-corrected chi connectivity index (χ3v) is 2.38. The van der Waals surface area contributed by atoms with Crippen LogP contribution >= 0.6 is 0 Å².